The minimum atomic E-state index is 0.218. The molecule has 2 N–H and O–H groups in total. The summed E-state index contributed by atoms with van der Waals surface area (Å²) < 4.78 is 0. The molecule has 1 nitrogen and oxygen atoms in total. The first kappa shape index (κ1) is 8.34. The van der Waals surface area contributed by atoms with Crippen LogP contribution in [0.5, 0.6) is 0 Å². The predicted molar refractivity (Wildman–Crippen MR) is 54.2 cm³/mol. The molecule has 0 aromatic heterocycles. The second-order valence-corrected chi connectivity index (χ2v) is 3.56. The van der Waals surface area contributed by atoms with E-state index in [1.807, 2.05) is 6.07 Å². The van der Waals surface area contributed by atoms with Gasteiger partial charge in [0.05, 0.1) is 0 Å². The Kier molecular flexibility index (Phi) is 2.08. The van der Waals surface area contributed by atoms with Crippen LogP contribution in [-0.4, -0.2) is 0 Å². The van der Waals surface area contributed by atoms with Gasteiger partial charge in [-0.15, -0.1) is 6.42 Å². The summed E-state index contributed by atoms with van der Waals surface area (Å²) >= 11 is 0. The third-order valence-electron chi connectivity index (χ3n) is 2.67. The van der Waals surface area contributed by atoms with Gasteiger partial charge in [-0.25, -0.2) is 0 Å². The van der Waals surface area contributed by atoms with Gasteiger partial charge >= 0.3 is 0 Å². The fourth-order valence-corrected chi connectivity index (χ4v) is 1.94. The zero-order valence-electron chi connectivity index (χ0n) is 7.59. The highest BCUT2D eigenvalue weighted by atomic mass is 14.6. The second kappa shape index (κ2) is 3.24. The third-order valence-corrected chi connectivity index (χ3v) is 2.67. The molecule has 1 aromatic rings. The Balaban J connectivity index is 2.47. The lowest BCUT2D eigenvalue weighted by atomic mass is 9.87. The molecule has 0 bridgehead atoms. The number of fused-ring (bicyclic) bond motifs is 1. The molecule has 1 unspecified atom stereocenters. The fraction of sp³-hybridized carbons (Fsp3) is 0.333. The molecule has 0 fully saturated rings. The number of nitrogens with two attached hydrogens (primary N) is 1. The number of benzene rings is 1. The van der Waals surface area contributed by atoms with Crippen molar-refractivity contribution < 1.29 is 0 Å². The molecule has 1 heteroatoms. The SMILES string of the molecule is C#Cc1ccc2c(c1)CCCC2N. The highest BCUT2D eigenvalue weighted by molar-refractivity contribution is 5.42. The molecule has 1 aliphatic carbocycles. The topological polar surface area (TPSA) is 26.0 Å². The second-order valence-electron chi connectivity index (χ2n) is 3.56. The molecule has 2 rings (SSSR count). The molecule has 0 heterocycles. The van der Waals surface area contributed by atoms with Crippen molar-refractivity contribution in [3.63, 3.8) is 0 Å². The molecule has 1 aromatic carbocycles. The van der Waals surface area contributed by atoms with Crippen LogP contribution in [0.4, 0.5) is 0 Å². The molecule has 1 aliphatic rings. The van der Waals surface area contributed by atoms with E-state index in [-0.39, 0.29) is 6.04 Å². The van der Waals surface area contributed by atoms with E-state index in [2.05, 4.69) is 18.1 Å². The quantitative estimate of drug-likeness (QED) is 0.594. The van der Waals surface area contributed by atoms with Crippen molar-refractivity contribution in [2.75, 3.05) is 0 Å². The Morgan fingerprint density at radius 3 is 3.08 bits per heavy atom. The maximum absolute atomic E-state index is 5.99. The van der Waals surface area contributed by atoms with Crippen LogP contribution in [0.25, 0.3) is 0 Å². The Morgan fingerprint density at radius 2 is 2.31 bits per heavy atom. The zero-order chi connectivity index (χ0) is 9.26. The fourth-order valence-electron chi connectivity index (χ4n) is 1.94. The highest BCUT2D eigenvalue weighted by Gasteiger charge is 2.15. The Bertz CT molecular complexity index is 360. The average molecular weight is 171 g/mol. The Morgan fingerprint density at radius 1 is 1.46 bits per heavy atom. The summed E-state index contributed by atoms with van der Waals surface area (Å²) in [5, 5.41) is 0. The zero-order valence-corrected chi connectivity index (χ0v) is 7.59. The summed E-state index contributed by atoms with van der Waals surface area (Å²) in [6.07, 6.45) is 8.74. The van der Waals surface area contributed by atoms with Gasteiger partial charge in [0.15, 0.2) is 0 Å². The Hall–Kier alpha value is -1.26. The van der Waals surface area contributed by atoms with E-state index < -0.39 is 0 Å². The molecule has 0 saturated carbocycles. The third kappa shape index (κ3) is 1.46. The largest absolute Gasteiger partial charge is 0.324 e. The van der Waals surface area contributed by atoms with Gasteiger partial charge in [-0.2, -0.15) is 0 Å². The molecule has 0 saturated heterocycles. The molecule has 0 amide bonds. The summed E-state index contributed by atoms with van der Waals surface area (Å²) in [7, 11) is 0. The van der Waals surface area contributed by atoms with E-state index in [1.54, 1.807) is 0 Å². The Labute approximate surface area is 79.0 Å². The van der Waals surface area contributed by atoms with E-state index in [1.165, 1.54) is 17.5 Å². The number of terminal acetylenes is 1. The maximum atomic E-state index is 5.99. The molecular weight excluding hydrogens is 158 g/mol. The molecule has 0 spiro atoms. The summed E-state index contributed by atoms with van der Waals surface area (Å²) in [6.45, 7) is 0. The smallest absolute Gasteiger partial charge is 0.0297 e. The number of hydrogen-bond acceptors (Lipinski definition) is 1. The van der Waals surface area contributed by atoms with Crippen LogP contribution < -0.4 is 5.73 Å². The monoisotopic (exact) mass is 171 g/mol. The number of aryl methyl sites for hydroxylation is 1. The lowest BCUT2D eigenvalue weighted by Crippen LogP contribution is -2.17. The molecule has 66 valence electrons. The van der Waals surface area contributed by atoms with Crippen molar-refractivity contribution in [2.24, 2.45) is 5.73 Å². The standard InChI is InChI=1S/C12H13N/c1-2-9-6-7-11-10(8-9)4-3-5-12(11)13/h1,6-8,12H,3-5,13H2. The van der Waals surface area contributed by atoms with Crippen molar-refractivity contribution >= 4 is 0 Å². The van der Waals surface area contributed by atoms with E-state index in [4.69, 9.17) is 12.2 Å². The molecule has 13 heavy (non-hydrogen) atoms. The van der Waals surface area contributed by atoms with E-state index >= 15 is 0 Å². The van der Waals surface area contributed by atoms with Crippen molar-refractivity contribution in [3.05, 3.63) is 34.9 Å². The lowest BCUT2D eigenvalue weighted by molar-refractivity contribution is 0.570. The minimum absolute atomic E-state index is 0.218. The molecule has 0 radical (unpaired) electrons. The van der Waals surface area contributed by atoms with E-state index in [9.17, 15) is 0 Å². The van der Waals surface area contributed by atoms with Crippen LogP contribution in [0.3, 0.4) is 0 Å². The lowest BCUT2D eigenvalue weighted by Gasteiger charge is -2.22. The van der Waals surface area contributed by atoms with Gasteiger partial charge in [0, 0.05) is 11.6 Å². The van der Waals surface area contributed by atoms with Gasteiger partial charge in [0.25, 0.3) is 0 Å². The normalized spacial score (nSPS) is 20.5. The van der Waals surface area contributed by atoms with Gasteiger partial charge in [0.2, 0.25) is 0 Å². The number of rotatable bonds is 0. The van der Waals surface area contributed by atoms with Crippen molar-refractivity contribution in [1.29, 1.82) is 0 Å². The summed E-state index contributed by atoms with van der Waals surface area (Å²) in [4.78, 5) is 0. The highest BCUT2D eigenvalue weighted by Crippen LogP contribution is 2.28. The minimum Gasteiger partial charge on any atom is -0.324 e. The summed E-state index contributed by atoms with van der Waals surface area (Å²) in [5.41, 5.74) is 9.58. The van der Waals surface area contributed by atoms with Gasteiger partial charge in [-0.05, 0) is 42.5 Å². The van der Waals surface area contributed by atoms with Crippen LogP contribution in [-0.2, 0) is 6.42 Å². The number of hydrogen-bond donors (Lipinski definition) is 1. The molecule has 0 aliphatic heterocycles. The first-order valence-electron chi connectivity index (χ1n) is 4.66. The van der Waals surface area contributed by atoms with Gasteiger partial charge in [-0.3, -0.25) is 0 Å². The van der Waals surface area contributed by atoms with Crippen LogP contribution in [0.2, 0.25) is 0 Å². The van der Waals surface area contributed by atoms with Crippen LogP contribution >= 0.6 is 0 Å². The summed E-state index contributed by atoms with van der Waals surface area (Å²) in [6, 6.07) is 6.36. The summed E-state index contributed by atoms with van der Waals surface area (Å²) in [5.74, 6) is 2.65. The first-order valence-corrected chi connectivity index (χ1v) is 4.66. The van der Waals surface area contributed by atoms with E-state index in [0.717, 1.165) is 18.4 Å². The van der Waals surface area contributed by atoms with Crippen LogP contribution in [0, 0.1) is 12.3 Å². The average Bonchev–Trinajstić information content (AvgIpc) is 2.18. The van der Waals surface area contributed by atoms with Crippen LogP contribution in [0.15, 0.2) is 18.2 Å². The van der Waals surface area contributed by atoms with Crippen molar-refractivity contribution in [2.45, 2.75) is 25.3 Å². The van der Waals surface area contributed by atoms with Crippen molar-refractivity contribution in [1.82, 2.24) is 0 Å². The van der Waals surface area contributed by atoms with Gasteiger partial charge in [0.1, 0.15) is 0 Å². The van der Waals surface area contributed by atoms with Gasteiger partial charge < -0.3 is 5.73 Å². The molecular formula is C12H13N. The molecule has 1 atom stereocenters. The first-order chi connectivity index (χ1) is 6.31. The predicted octanol–water partition coefficient (Wildman–Crippen LogP) is 2.00. The maximum Gasteiger partial charge on any atom is 0.0297 e. The van der Waals surface area contributed by atoms with E-state index in [0.29, 0.717) is 0 Å². The van der Waals surface area contributed by atoms with Crippen molar-refractivity contribution in [3.8, 4) is 12.3 Å². The van der Waals surface area contributed by atoms with Gasteiger partial charge in [-0.1, -0.05) is 12.0 Å². The van der Waals surface area contributed by atoms with Crippen LogP contribution in [0.1, 0.15) is 35.6 Å².